The van der Waals surface area contributed by atoms with Gasteiger partial charge in [0.2, 0.25) is 0 Å². The first-order valence-electron chi connectivity index (χ1n) is 11.5. The van der Waals surface area contributed by atoms with Crippen LogP contribution in [0.5, 0.6) is 11.5 Å². The van der Waals surface area contributed by atoms with Gasteiger partial charge >= 0.3 is 11.3 Å². The van der Waals surface area contributed by atoms with Crippen LogP contribution in [0, 0.1) is 33.5 Å². The Morgan fingerprint density at radius 1 is 0.757 bits per heavy atom. The highest BCUT2D eigenvalue weighted by atomic mass is 79.9. The van der Waals surface area contributed by atoms with Gasteiger partial charge in [0.05, 0.1) is 32.3 Å². The van der Waals surface area contributed by atoms with Crippen LogP contribution >= 0.6 is 15.9 Å². The Balaban J connectivity index is 1.95. The van der Waals surface area contributed by atoms with Gasteiger partial charge < -0.3 is 19.0 Å². The molecule has 0 fully saturated rings. The summed E-state index contributed by atoms with van der Waals surface area (Å²) in [5.41, 5.74) is 1.25. The summed E-state index contributed by atoms with van der Waals surface area (Å²) in [5, 5.41) is 23.4. The maximum absolute atomic E-state index is 14.2. The molecule has 8 heteroatoms. The van der Waals surface area contributed by atoms with Gasteiger partial charge in [0.1, 0.15) is 28.5 Å². The molecule has 3 aromatic carbocycles. The quantitative estimate of drug-likeness (QED) is 0.238. The fraction of sp³-hybridized carbons (Fsp3) is 0.172. The second kappa shape index (κ2) is 8.88. The van der Waals surface area contributed by atoms with Crippen molar-refractivity contribution in [3.8, 4) is 11.5 Å². The minimum Gasteiger partial charge on any atom is -0.507 e. The number of benzene rings is 3. The summed E-state index contributed by atoms with van der Waals surface area (Å²) < 4.78 is 25.5. The molecule has 6 nitrogen and oxygen atoms in total. The number of fused-ring (bicyclic) bond motifs is 2. The summed E-state index contributed by atoms with van der Waals surface area (Å²) >= 11 is 3.15. The van der Waals surface area contributed by atoms with Gasteiger partial charge in [-0.05, 0) is 95.7 Å². The first kappa shape index (κ1) is 24.8. The number of halogens is 2. The number of aryl methyl sites for hydroxylation is 4. The number of rotatable bonds is 3. The molecule has 0 atom stereocenters. The molecule has 0 aliphatic heterocycles. The molecule has 0 saturated heterocycles. The molecular formula is C29H22BrFO6. The predicted molar refractivity (Wildman–Crippen MR) is 142 cm³/mol. The Morgan fingerprint density at radius 3 is 1.65 bits per heavy atom. The molecule has 0 aliphatic rings. The van der Waals surface area contributed by atoms with E-state index in [9.17, 15) is 24.2 Å². The molecule has 0 bridgehead atoms. The van der Waals surface area contributed by atoms with Gasteiger partial charge in [-0.25, -0.2) is 14.0 Å². The largest absolute Gasteiger partial charge is 0.507 e. The van der Waals surface area contributed by atoms with E-state index in [2.05, 4.69) is 15.9 Å². The summed E-state index contributed by atoms with van der Waals surface area (Å²) in [6.45, 7) is 7.17. The zero-order chi connectivity index (χ0) is 26.8. The van der Waals surface area contributed by atoms with Crippen LogP contribution in [-0.2, 0) is 0 Å². The van der Waals surface area contributed by atoms with Crippen LogP contribution in [-0.4, -0.2) is 10.2 Å². The highest BCUT2D eigenvalue weighted by molar-refractivity contribution is 9.10. The van der Waals surface area contributed by atoms with E-state index in [0.29, 0.717) is 11.1 Å². The zero-order valence-electron chi connectivity index (χ0n) is 20.4. The van der Waals surface area contributed by atoms with Crippen molar-refractivity contribution in [2.75, 3.05) is 0 Å². The van der Waals surface area contributed by atoms with Crippen LogP contribution in [0.4, 0.5) is 4.39 Å². The smallest absolute Gasteiger partial charge is 0.344 e. The van der Waals surface area contributed by atoms with Crippen molar-refractivity contribution in [2.45, 2.75) is 33.6 Å². The van der Waals surface area contributed by atoms with E-state index in [4.69, 9.17) is 8.83 Å². The molecule has 0 unspecified atom stereocenters. The van der Waals surface area contributed by atoms with Gasteiger partial charge in [0.15, 0.2) is 0 Å². The van der Waals surface area contributed by atoms with Gasteiger partial charge in [-0.1, -0.05) is 18.2 Å². The first-order chi connectivity index (χ1) is 17.5. The van der Waals surface area contributed by atoms with E-state index in [1.807, 2.05) is 26.0 Å². The second-order valence-corrected chi connectivity index (χ2v) is 10.2. The molecular weight excluding hydrogens is 543 g/mol. The molecule has 2 N–H and O–H groups in total. The normalized spacial score (nSPS) is 11.6. The summed E-state index contributed by atoms with van der Waals surface area (Å²) in [7, 11) is 0. The lowest BCUT2D eigenvalue weighted by Gasteiger charge is -2.21. The minimum atomic E-state index is -1.33. The predicted octanol–water partition coefficient (Wildman–Crippen LogP) is 6.63. The van der Waals surface area contributed by atoms with Crippen molar-refractivity contribution in [3.05, 3.63) is 113 Å². The monoisotopic (exact) mass is 564 g/mol. The van der Waals surface area contributed by atoms with Gasteiger partial charge in [0.25, 0.3) is 0 Å². The van der Waals surface area contributed by atoms with Crippen molar-refractivity contribution < 1.29 is 23.4 Å². The minimum absolute atomic E-state index is 0.0720. The highest BCUT2D eigenvalue weighted by Crippen LogP contribution is 2.43. The average molecular weight is 565 g/mol. The Hall–Kier alpha value is -3.91. The van der Waals surface area contributed by atoms with Crippen molar-refractivity contribution >= 4 is 37.9 Å². The SMILES string of the molecule is Cc1cc(C)c2oc(=O)c(C(c3ccc(F)c(Br)c3)c3c(O)c4cc(C)cc(C)c4oc3=O)c(O)c2c1. The highest BCUT2D eigenvalue weighted by Gasteiger charge is 2.33. The third-order valence-corrected chi connectivity index (χ3v) is 7.15. The molecule has 5 aromatic rings. The fourth-order valence-corrected chi connectivity index (χ4v) is 5.39. The molecule has 2 heterocycles. The molecule has 0 aliphatic carbocycles. The van der Waals surface area contributed by atoms with Crippen LogP contribution < -0.4 is 11.3 Å². The number of aromatic hydroxyl groups is 2. The van der Waals surface area contributed by atoms with Crippen LogP contribution in [0.25, 0.3) is 21.9 Å². The molecule has 2 aromatic heterocycles. The Morgan fingerprint density at radius 2 is 1.22 bits per heavy atom. The van der Waals surface area contributed by atoms with Crippen molar-refractivity contribution in [1.29, 1.82) is 0 Å². The topological polar surface area (TPSA) is 101 Å². The Labute approximate surface area is 218 Å². The van der Waals surface area contributed by atoms with Crippen LogP contribution in [0.15, 0.2) is 65.4 Å². The van der Waals surface area contributed by atoms with Crippen molar-refractivity contribution in [1.82, 2.24) is 0 Å². The van der Waals surface area contributed by atoms with Crippen molar-refractivity contribution in [2.24, 2.45) is 0 Å². The maximum Gasteiger partial charge on any atom is 0.344 e. The second-order valence-electron chi connectivity index (χ2n) is 9.33. The van der Waals surface area contributed by atoms with Crippen LogP contribution in [0.2, 0.25) is 0 Å². The van der Waals surface area contributed by atoms with E-state index in [1.165, 1.54) is 12.1 Å². The summed E-state index contributed by atoms with van der Waals surface area (Å²) in [6, 6.07) is 10.9. The number of hydrogen-bond acceptors (Lipinski definition) is 6. The van der Waals surface area contributed by atoms with Gasteiger partial charge in [-0.15, -0.1) is 0 Å². The lowest BCUT2D eigenvalue weighted by atomic mass is 9.84. The van der Waals surface area contributed by atoms with Gasteiger partial charge in [-0.3, -0.25) is 0 Å². The summed E-state index contributed by atoms with van der Waals surface area (Å²) in [5.74, 6) is -2.70. The standard InChI is InChI=1S/C29H22BrFO6/c1-12-7-14(3)26-17(9-12)24(32)22(28(34)36-26)21(16-5-6-20(31)19(30)11-16)23-25(33)18-10-13(2)8-15(4)27(18)37-29(23)35/h5-11,21,32-33H,1-4H3. The first-order valence-corrected chi connectivity index (χ1v) is 12.3. The fourth-order valence-electron chi connectivity index (χ4n) is 4.99. The van der Waals surface area contributed by atoms with E-state index < -0.39 is 34.5 Å². The molecule has 0 saturated carbocycles. The van der Waals surface area contributed by atoms with Crippen LogP contribution in [0.3, 0.4) is 0 Å². The Bertz CT molecular complexity index is 1760. The van der Waals surface area contributed by atoms with E-state index in [1.54, 1.807) is 26.0 Å². The molecule has 0 radical (unpaired) electrons. The van der Waals surface area contributed by atoms with E-state index >= 15 is 0 Å². The van der Waals surface area contributed by atoms with Gasteiger partial charge in [0, 0.05) is 0 Å². The molecule has 188 valence electrons. The molecule has 5 rings (SSSR count). The third-order valence-electron chi connectivity index (χ3n) is 6.54. The van der Waals surface area contributed by atoms with E-state index in [-0.39, 0.29) is 43.1 Å². The van der Waals surface area contributed by atoms with E-state index in [0.717, 1.165) is 17.2 Å². The molecule has 0 spiro atoms. The lowest BCUT2D eigenvalue weighted by molar-refractivity contribution is 0.441. The number of hydrogen-bond donors (Lipinski definition) is 2. The Kier molecular flexibility index (Phi) is 5.95. The maximum atomic E-state index is 14.2. The third kappa shape index (κ3) is 4.01. The van der Waals surface area contributed by atoms with Gasteiger partial charge in [-0.2, -0.15) is 0 Å². The summed E-state index contributed by atoms with van der Waals surface area (Å²) in [6.07, 6.45) is 0. The summed E-state index contributed by atoms with van der Waals surface area (Å²) in [4.78, 5) is 26.8. The lowest BCUT2D eigenvalue weighted by Crippen LogP contribution is -2.21. The van der Waals surface area contributed by atoms with Crippen LogP contribution in [0.1, 0.15) is 44.9 Å². The molecule has 37 heavy (non-hydrogen) atoms. The average Bonchev–Trinajstić information content (AvgIpc) is 2.81. The zero-order valence-corrected chi connectivity index (χ0v) is 22.0. The molecule has 0 amide bonds. The van der Waals surface area contributed by atoms with Crippen molar-refractivity contribution in [3.63, 3.8) is 0 Å².